The van der Waals surface area contributed by atoms with Crippen LogP contribution in [0, 0.1) is 6.92 Å². The molecule has 30 heavy (non-hydrogen) atoms. The van der Waals surface area contributed by atoms with Gasteiger partial charge in [-0.25, -0.2) is 15.0 Å². The van der Waals surface area contributed by atoms with E-state index in [0.717, 1.165) is 72.2 Å². The molecule has 1 saturated heterocycles. The molecular formula is C23H25N7. The van der Waals surface area contributed by atoms with E-state index in [-0.39, 0.29) is 0 Å². The highest BCUT2D eigenvalue weighted by atomic mass is 15.2. The van der Waals surface area contributed by atoms with Crippen molar-refractivity contribution >= 4 is 11.0 Å². The average Bonchev–Trinajstić information content (AvgIpc) is 3.16. The molecule has 1 fully saturated rings. The molecule has 2 N–H and O–H groups in total. The largest absolute Gasteiger partial charge is 0.342 e. The smallest absolute Gasteiger partial charge is 0.116 e. The topological polar surface area (TPSA) is 82.6 Å². The fourth-order valence-corrected chi connectivity index (χ4v) is 3.94. The maximum atomic E-state index is 4.76. The number of fused-ring (bicyclic) bond motifs is 1. The molecule has 0 unspecified atom stereocenters. The second kappa shape index (κ2) is 8.30. The van der Waals surface area contributed by atoms with E-state index >= 15 is 0 Å². The van der Waals surface area contributed by atoms with E-state index in [9.17, 15) is 0 Å². The molecule has 0 radical (unpaired) electrons. The normalized spacial score (nSPS) is 15.0. The van der Waals surface area contributed by atoms with Crippen molar-refractivity contribution in [2.24, 2.45) is 0 Å². The summed E-state index contributed by atoms with van der Waals surface area (Å²) in [6.07, 6.45) is 4.20. The van der Waals surface area contributed by atoms with Gasteiger partial charge in [-0.15, -0.1) is 0 Å². The summed E-state index contributed by atoms with van der Waals surface area (Å²) < 4.78 is 0. The van der Waals surface area contributed by atoms with Gasteiger partial charge in [-0.05, 0) is 42.8 Å². The Morgan fingerprint density at radius 2 is 1.90 bits per heavy atom. The standard InChI is InChI=1S/C23H25N7/c1-16-10-21(27-15-26-16)18-2-3-20-22(12-18)29-23(28-20)13-19-11-17(4-5-25-19)14-30-8-6-24-7-9-30/h2-5,10-12,15,24H,6-9,13-14H2,1H3,(H,28,29). The SMILES string of the molecule is Cc1cc(-c2ccc3nc(Cc4cc(CN5CCNCC5)ccn4)[nH]c3c2)ncn1. The van der Waals surface area contributed by atoms with Crippen molar-refractivity contribution in [1.82, 2.24) is 35.1 Å². The fourth-order valence-electron chi connectivity index (χ4n) is 3.94. The molecule has 0 bridgehead atoms. The number of aromatic nitrogens is 5. The number of pyridine rings is 1. The molecular weight excluding hydrogens is 374 g/mol. The molecule has 4 heterocycles. The van der Waals surface area contributed by atoms with Gasteiger partial charge in [0.15, 0.2) is 0 Å². The minimum absolute atomic E-state index is 0.687. The molecule has 3 aromatic heterocycles. The number of hydrogen-bond donors (Lipinski definition) is 2. The van der Waals surface area contributed by atoms with E-state index in [1.807, 2.05) is 25.3 Å². The highest BCUT2D eigenvalue weighted by molar-refractivity contribution is 5.81. The quantitative estimate of drug-likeness (QED) is 0.537. The molecule has 4 aromatic rings. The first-order valence-corrected chi connectivity index (χ1v) is 10.4. The molecule has 1 aliphatic heterocycles. The second-order valence-corrected chi connectivity index (χ2v) is 7.82. The Hall–Kier alpha value is -3.16. The number of piperazine rings is 1. The van der Waals surface area contributed by atoms with Crippen molar-refractivity contribution in [2.75, 3.05) is 26.2 Å². The Morgan fingerprint density at radius 1 is 1.00 bits per heavy atom. The van der Waals surface area contributed by atoms with E-state index in [0.29, 0.717) is 6.42 Å². The average molecular weight is 400 g/mol. The highest BCUT2D eigenvalue weighted by Crippen LogP contribution is 2.22. The molecule has 1 aromatic carbocycles. The van der Waals surface area contributed by atoms with Crippen molar-refractivity contribution in [3.63, 3.8) is 0 Å². The Balaban J connectivity index is 1.34. The van der Waals surface area contributed by atoms with Gasteiger partial charge in [0.1, 0.15) is 12.2 Å². The first-order chi connectivity index (χ1) is 14.7. The van der Waals surface area contributed by atoms with E-state index in [1.54, 1.807) is 6.33 Å². The van der Waals surface area contributed by atoms with Crippen LogP contribution in [0.1, 0.15) is 22.8 Å². The highest BCUT2D eigenvalue weighted by Gasteiger charge is 2.11. The van der Waals surface area contributed by atoms with Crippen LogP contribution < -0.4 is 5.32 Å². The lowest BCUT2D eigenvalue weighted by Gasteiger charge is -2.27. The molecule has 152 valence electrons. The number of benzene rings is 1. The zero-order valence-corrected chi connectivity index (χ0v) is 17.1. The fraction of sp³-hybridized carbons (Fsp3) is 0.304. The van der Waals surface area contributed by atoms with Crippen LogP contribution in [0.25, 0.3) is 22.3 Å². The van der Waals surface area contributed by atoms with Gasteiger partial charge in [0.05, 0.1) is 16.7 Å². The van der Waals surface area contributed by atoms with Crippen molar-refractivity contribution in [3.05, 3.63) is 71.7 Å². The number of H-pyrrole nitrogens is 1. The number of hydrogen-bond acceptors (Lipinski definition) is 6. The molecule has 7 heteroatoms. The number of rotatable bonds is 5. The summed E-state index contributed by atoms with van der Waals surface area (Å²) in [5.74, 6) is 0.924. The van der Waals surface area contributed by atoms with E-state index < -0.39 is 0 Å². The summed E-state index contributed by atoms with van der Waals surface area (Å²) in [5, 5.41) is 3.40. The first kappa shape index (κ1) is 18.8. The van der Waals surface area contributed by atoms with Gasteiger partial charge >= 0.3 is 0 Å². The number of aromatic amines is 1. The lowest BCUT2D eigenvalue weighted by atomic mass is 10.1. The maximum absolute atomic E-state index is 4.76. The molecule has 0 atom stereocenters. The van der Waals surface area contributed by atoms with E-state index in [1.165, 1.54) is 5.56 Å². The van der Waals surface area contributed by atoms with Crippen LogP contribution in [0.4, 0.5) is 0 Å². The van der Waals surface area contributed by atoms with Gasteiger partial charge in [0.2, 0.25) is 0 Å². The minimum atomic E-state index is 0.687. The second-order valence-electron chi connectivity index (χ2n) is 7.82. The maximum Gasteiger partial charge on any atom is 0.116 e. The van der Waals surface area contributed by atoms with Crippen molar-refractivity contribution in [3.8, 4) is 11.3 Å². The Morgan fingerprint density at radius 3 is 2.77 bits per heavy atom. The summed E-state index contributed by atoms with van der Waals surface area (Å²) in [6, 6.07) is 12.5. The van der Waals surface area contributed by atoms with Crippen LogP contribution in [-0.4, -0.2) is 56.0 Å². The van der Waals surface area contributed by atoms with Gasteiger partial charge in [-0.3, -0.25) is 9.88 Å². The Kier molecular flexibility index (Phi) is 5.21. The number of nitrogens with zero attached hydrogens (tertiary/aromatic N) is 5. The minimum Gasteiger partial charge on any atom is -0.342 e. The lowest BCUT2D eigenvalue weighted by molar-refractivity contribution is 0.233. The summed E-state index contributed by atoms with van der Waals surface area (Å²) in [7, 11) is 0. The number of aryl methyl sites for hydroxylation is 1. The van der Waals surface area contributed by atoms with Crippen molar-refractivity contribution in [1.29, 1.82) is 0 Å². The Bertz CT molecular complexity index is 1160. The summed E-state index contributed by atoms with van der Waals surface area (Å²) in [6.45, 7) is 7.26. The predicted octanol–water partition coefficient (Wildman–Crippen LogP) is 2.72. The monoisotopic (exact) mass is 399 g/mol. The molecule has 0 spiro atoms. The summed E-state index contributed by atoms with van der Waals surface area (Å²) in [4.78, 5) is 23.8. The first-order valence-electron chi connectivity index (χ1n) is 10.4. The third-order valence-corrected chi connectivity index (χ3v) is 5.48. The molecule has 0 saturated carbocycles. The third kappa shape index (κ3) is 4.22. The zero-order chi connectivity index (χ0) is 20.3. The third-order valence-electron chi connectivity index (χ3n) is 5.48. The van der Waals surface area contributed by atoms with Crippen molar-refractivity contribution < 1.29 is 0 Å². The zero-order valence-electron chi connectivity index (χ0n) is 17.1. The van der Waals surface area contributed by atoms with Gasteiger partial charge < -0.3 is 10.3 Å². The summed E-state index contributed by atoms with van der Waals surface area (Å²) in [5.41, 5.74) is 7.24. The number of nitrogens with one attached hydrogen (secondary N) is 2. The molecule has 1 aliphatic rings. The Labute approximate surface area is 175 Å². The van der Waals surface area contributed by atoms with Crippen molar-refractivity contribution in [2.45, 2.75) is 19.9 Å². The predicted molar refractivity (Wildman–Crippen MR) is 117 cm³/mol. The van der Waals surface area contributed by atoms with Crippen LogP contribution in [0.5, 0.6) is 0 Å². The molecule has 0 aliphatic carbocycles. The van der Waals surface area contributed by atoms with Crippen LogP contribution >= 0.6 is 0 Å². The lowest BCUT2D eigenvalue weighted by Crippen LogP contribution is -2.42. The van der Waals surface area contributed by atoms with E-state index in [2.05, 4.69) is 54.4 Å². The van der Waals surface area contributed by atoms with Gasteiger partial charge in [-0.2, -0.15) is 0 Å². The van der Waals surface area contributed by atoms with E-state index in [4.69, 9.17) is 4.98 Å². The van der Waals surface area contributed by atoms with Crippen LogP contribution in [0.2, 0.25) is 0 Å². The molecule has 7 nitrogen and oxygen atoms in total. The van der Waals surface area contributed by atoms with Gasteiger partial charge in [0, 0.05) is 62.3 Å². The molecule has 0 amide bonds. The summed E-state index contributed by atoms with van der Waals surface area (Å²) >= 11 is 0. The van der Waals surface area contributed by atoms with Crippen LogP contribution in [0.3, 0.4) is 0 Å². The van der Waals surface area contributed by atoms with Gasteiger partial charge in [0.25, 0.3) is 0 Å². The van der Waals surface area contributed by atoms with Crippen LogP contribution in [-0.2, 0) is 13.0 Å². The van der Waals surface area contributed by atoms with Gasteiger partial charge in [-0.1, -0.05) is 6.07 Å². The molecule has 5 rings (SSSR count). The van der Waals surface area contributed by atoms with Crippen LogP contribution in [0.15, 0.2) is 48.9 Å². The number of imidazole rings is 1.